The van der Waals surface area contributed by atoms with Crippen molar-refractivity contribution in [2.75, 3.05) is 12.4 Å². The maximum atomic E-state index is 12.5. The zero-order valence-corrected chi connectivity index (χ0v) is 21.9. The summed E-state index contributed by atoms with van der Waals surface area (Å²) in [4.78, 5) is 23.9. The molecule has 1 aliphatic rings. The fraction of sp³-hybridized carbons (Fsp3) is 0.714. The SMILES string of the molecule is CCOC(=O)CCCCCCC1C(=O)CCC1SCC(O)C(C)(C)CCc1ccc(C)cc1. The number of aryl methyl sites for hydroxylation is 2. The summed E-state index contributed by atoms with van der Waals surface area (Å²) < 4.78 is 4.96. The number of hydrogen-bond acceptors (Lipinski definition) is 5. The lowest BCUT2D eigenvalue weighted by Crippen LogP contribution is -2.33. The van der Waals surface area contributed by atoms with Crippen LogP contribution in [0.15, 0.2) is 24.3 Å². The van der Waals surface area contributed by atoms with Gasteiger partial charge in [0, 0.05) is 29.8 Å². The fourth-order valence-electron chi connectivity index (χ4n) is 4.47. The molecule has 3 atom stereocenters. The van der Waals surface area contributed by atoms with Gasteiger partial charge in [0.1, 0.15) is 5.78 Å². The van der Waals surface area contributed by atoms with Crippen LogP contribution in [0.5, 0.6) is 0 Å². The second kappa shape index (κ2) is 14.2. The van der Waals surface area contributed by atoms with E-state index in [4.69, 9.17) is 4.74 Å². The number of aliphatic hydroxyl groups is 1. The van der Waals surface area contributed by atoms with Crippen LogP contribution in [-0.4, -0.2) is 40.6 Å². The van der Waals surface area contributed by atoms with E-state index in [1.165, 1.54) is 11.1 Å². The van der Waals surface area contributed by atoms with E-state index < -0.39 is 0 Å². The van der Waals surface area contributed by atoms with Gasteiger partial charge in [0.25, 0.3) is 0 Å². The van der Waals surface area contributed by atoms with Gasteiger partial charge in [0.2, 0.25) is 0 Å². The van der Waals surface area contributed by atoms with Gasteiger partial charge in [-0.1, -0.05) is 62.9 Å². The summed E-state index contributed by atoms with van der Waals surface area (Å²) in [6, 6.07) is 8.65. The van der Waals surface area contributed by atoms with Crippen LogP contribution in [0.4, 0.5) is 0 Å². The van der Waals surface area contributed by atoms with E-state index in [0.717, 1.165) is 51.4 Å². The van der Waals surface area contributed by atoms with Crippen LogP contribution in [0.2, 0.25) is 0 Å². The van der Waals surface area contributed by atoms with Crippen molar-refractivity contribution in [3.63, 3.8) is 0 Å². The van der Waals surface area contributed by atoms with Gasteiger partial charge in [-0.25, -0.2) is 0 Å². The molecule has 1 N–H and O–H groups in total. The summed E-state index contributed by atoms with van der Waals surface area (Å²) in [7, 11) is 0. The number of Topliss-reactive ketones (excluding diaryl/α,β-unsaturated/α-hetero) is 1. The number of unbranched alkanes of at least 4 members (excludes halogenated alkanes) is 3. The number of ketones is 1. The van der Waals surface area contributed by atoms with Gasteiger partial charge in [-0.3, -0.25) is 9.59 Å². The zero-order chi connectivity index (χ0) is 24.3. The van der Waals surface area contributed by atoms with Crippen LogP contribution < -0.4 is 0 Å². The third-order valence-corrected chi connectivity index (χ3v) is 8.54. The highest BCUT2D eigenvalue weighted by molar-refractivity contribution is 8.00. The first-order valence-electron chi connectivity index (χ1n) is 12.8. The number of esters is 1. The van der Waals surface area contributed by atoms with Crippen LogP contribution in [0.25, 0.3) is 0 Å². The van der Waals surface area contributed by atoms with Crippen LogP contribution >= 0.6 is 11.8 Å². The molecule has 0 saturated heterocycles. The van der Waals surface area contributed by atoms with E-state index in [9.17, 15) is 14.7 Å². The molecule has 4 nitrogen and oxygen atoms in total. The zero-order valence-electron chi connectivity index (χ0n) is 21.1. The van der Waals surface area contributed by atoms with Gasteiger partial charge >= 0.3 is 5.97 Å². The van der Waals surface area contributed by atoms with Crippen LogP contribution in [0.3, 0.4) is 0 Å². The predicted molar refractivity (Wildman–Crippen MR) is 138 cm³/mol. The Morgan fingerprint density at radius 2 is 1.88 bits per heavy atom. The Balaban J connectivity index is 1.70. The Hall–Kier alpha value is -1.33. The second-order valence-corrected chi connectivity index (χ2v) is 11.5. The minimum atomic E-state index is -0.382. The highest BCUT2D eigenvalue weighted by Gasteiger charge is 2.36. The summed E-state index contributed by atoms with van der Waals surface area (Å²) >= 11 is 1.80. The Labute approximate surface area is 205 Å². The number of thioether (sulfide) groups is 1. The summed E-state index contributed by atoms with van der Waals surface area (Å²) in [5.74, 6) is 1.10. The lowest BCUT2D eigenvalue weighted by molar-refractivity contribution is -0.143. The van der Waals surface area contributed by atoms with Gasteiger partial charge in [-0.05, 0) is 56.9 Å². The second-order valence-electron chi connectivity index (χ2n) is 10.2. The van der Waals surface area contributed by atoms with Gasteiger partial charge in [-0.15, -0.1) is 0 Å². The number of ether oxygens (including phenoxy) is 1. The minimum absolute atomic E-state index is 0.111. The number of carbonyl (C=O) groups excluding carboxylic acids is 2. The van der Waals surface area contributed by atoms with Crippen LogP contribution in [0.1, 0.15) is 89.7 Å². The van der Waals surface area contributed by atoms with Crippen molar-refractivity contribution in [3.05, 3.63) is 35.4 Å². The topological polar surface area (TPSA) is 63.6 Å². The average Bonchev–Trinajstić information content (AvgIpc) is 3.13. The highest BCUT2D eigenvalue weighted by atomic mass is 32.2. The molecule has 3 unspecified atom stereocenters. The van der Waals surface area contributed by atoms with Gasteiger partial charge < -0.3 is 9.84 Å². The minimum Gasteiger partial charge on any atom is -0.466 e. The van der Waals surface area contributed by atoms with E-state index >= 15 is 0 Å². The number of carbonyl (C=O) groups is 2. The maximum absolute atomic E-state index is 12.5. The number of aliphatic hydroxyl groups excluding tert-OH is 1. The Kier molecular flexibility index (Phi) is 12.0. The molecule has 0 radical (unpaired) electrons. The van der Waals surface area contributed by atoms with Crippen molar-refractivity contribution in [1.82, 2.24) is 0 Å². The molecule has 1 aromatic rings. The van der Waals surface area contributed by atoms with E-state index in [2.05, 4.69) is 45.0 Å². The van der Waals surface area contributed by atoms with Crippen molar-refractivity contribution < 1.29 is 19.4 Å². The van der Waals surface area contributed by atoms with Crippen molar-refractivity contribution >= 4 is 23.5 Å². The summed E-state index contributed by atoms with van der Waals surface area (Å²) in [6.07, 6.45) is 8.51. The smallest absolute Gasteiger partial charge is 0.305 e. The molecule has 33 heavy (non-hydrogen) atoms. The number of hydrogen-bond donors (Lipinski definition) is 1. The fourth-order valence-corrected chi connectivity index (χ4v) is 6.16. The third kappa shape index (κ3) is 9.82. The van der Waals surface area contributed by atoms with E-state index in [-0.39, 0.29) is 23.4 Å². The highest BCUT2D eigenvalue weighted by Crippen LogP contribution is 2.38. The summed E-state index contributed by atoms with van der Waals surface area (Å²) in [6.45, 7) is 8.68. The first-order chi connectivity index (χ1) is 15.7. The standard InChI is InChI=1S/C28H44O4S/c1-5-32-27(31)11-9-7-6-8-10-23-24(29)16-17-25(23)33-20-26(30)28(3,4)19-18-22-14-12-21(2)13-15-22/h12-15,23,25-26,30H,5-11,16-20H2,1-4H3. The average molecular weight is 477 g/mol. The predicted octanol–water partition coefficient (Wildman–Crippen LogP) is 6.30. The Morgan fingerprint density at radius 3 is 2.58 bits per heavy atom. The molecular formula is C28H44O4S. The first-order valence-corrected chi connectivity index (χ1v) is 13.8. The molecule has 1 fully saturated rings. The van der Waals surface area contributed by atoms with Gasteiger partial charge in [-0.2, -0.15) is 11.8 Å². The summed E-state index contributed by atoms with van der Waals surface area (Å²) in [5.41, 5.74) is 2.43. The molecule has 0 aromatic heterocycles. The molecule has 0 bridgehead atoms. The number of benzene rings is 1. The molecule has 1 aliphatic carbocycles. The molecule has 1 aromatic carbocycles. The van der Waals surface area contributed by atoms with Crippen molar-refractivity contribution in [2.24, 2.45) is 11.3 Å². The van der Waals surface area contributed by atoms with E-state index in [1.54, 1.807) is 11.8 Å². The summed E-state index contributed by atoms with van der Waals surface area (Å²) in [5, 5.41) is 11.3. The van der Waals surface area contributed by atoms with E-state index in [0.29, 0.717) is 36.2 Å². The molecule has 0 amide bonds. The quantitative estimate of drug-likeness (QED) is 0.238. The Bertz CT molecular complexity index is 728. The lowest BCUT2D eigenvalue weighted by Gasteiger charge is -2.31. The van der Waals surface area contributed by atoms with Crippen LogP contribution in [-0.2, 0) is 20.7 Å². The largest absolute Gasteiger partial charge is 0.466 e. The molecule has 2 rings (SSSR count). The van der Waals surface area contributed by atoms with Crippen molar-refractivity contribution in [1.29, 1.82) is 0 Å². The normalized spacial score (nSPS) is 19.6. The van der Waals surface area contributed by atoms with Crippen LogP contribution in [0, 0.1) is 18.3 Å². The lowest BCUT2D eigenvalue weighted by atomic mass is 9.81. The Morgan fingerprint density at radius 1 is 1.18 bits per heavy atom. The molecular weight excluding hydrogens is 432 g/mol. The van der Waals surface area contributed by atoms with E-state index in [1.807, 2.05) is 6.92 Å². The molecule has 5 heteroatoms. The molecule has 0 spiro atoms. The first kappa shape index (κ1) is 27.9. The van der Waals surface area contributed by atoms with Crippen molar-refractivity contribution in [2.45, 2.75) is 103 Å². The van der Waals surface area contributed by atoms with Gasteiger partial charge in [0.15, 0.2) is 0 Å². The maximum Gasteiger partial charge on any atom is 0.305 e. The molecule has 0 heterocycles. The molecule has 0 aliphatic heterocycles. The van der Waals surface area contributed by atoms with Gasteiger partial charge in [0.05, 0.1) is 12.7 Å². The van der Waals surface area contributed by atoms with Crippen molar-refractivity contribution in [3.8, 4) is 0 Å². The molecule has 186 valence electrons. The number of rotatable bonds is 15. The monoisotopic (exact) mass is 476 g/mol. The molecule has 1 saturated carbocycles. The third-order valence-electron chi connectivity index (χ3n) is 7.04.